The molecule has 0 bridgehead atoms. The third kappa shape index (κ3) is 2.94. The van der Waals surface area contributed by atoms with Gasteiger partial charge in [-0.3, -0.25) is 4.79 Å². The summed E-state index contributed by atoms with van der Waals surface area (Å²) in [6, 6.07) is 7.17. The third-order valence-corrected chi connectivity index (χ3v) is 2.74. The van der Waals surface area contributed by atoms with Crippen LogP contribution in [-0.2, 0) is 4.79 Å². The molecule has 1 aromatic carbocycles. The number of hydrogen-bond acceptors (Lipinski definition) is 2. The molecule has 0 aliphatic rings. The lowest BCUT2D eigenvalue weighted by molar-refractivity contribution is -0.119. The highest BCUT2D eigenvalue weighted by Crippen LogP contribution is 2.21. The van der Waals surface area contributed by atoms with Crippen LogP contribution in [0.5, 0.6) is 0 Å². The van der Waals surface area contributed by atoms with Gasteiger partial charge in [0.1, 0.15) is 0 Å². The van der Waals surface area contributed by atoms with Crippen molar-refractivity contribution in [3.63, 3.8) is 0 Å². The Balaban J connectivity index is 2.99. The molecule has 3 N–H and O–H groups in total. The number of carbonyl (C=O) groups excluding carboxylic acids is 1. The normalized spacial score (nSPS) is 14.6. The lowest BCUT2D eigenvalue weighted by atomic mass is 9.92. The van der Waals surface area contributed by atoms with Gasteiger partial charge in [-0.1, -0.05) is 23.7 Å². The maximum atomic E-state index is 11.3. The van der Waals surface area contributed by atoms with Crippen LogP contribution in [0.2, 0.25) is 5.02 Å². The van der Waals surface area contributed by atoms with Crippen LogP contribution in [0.25, 0.3) is 0 Å². The van der Waals surface area contributed by atoms with Crippen LogP contribution < -0.4 is 11.1 Å². The smallest absolute Gasteiger partial charge is 0.226 e. The Morgan fingerprint density at radius 1 is 1.40 bits per heavy atom. The molecule has 1 amide bonds. The molecule has 0 fully saturated rings. The first-order chi connectivity index (χ1) is 7.06. The largest absolute Gasteiger partial charge is 0.369 e. The van der Waals surface area contributed by atoms with Gasteiger partial charge in [0, 0.05) is 11.1 Å². The van der Waals surface area contributed by atoms with Gasteiger partial charge < -0.3 is 11.1 Å². The monoisotopic (exact) mass is 226 g/mol. The van der Waals surface area contributed by atoms with Gasteiger partial charge in [-0.15, -0.1) is 0 Å². The number of hydrogen-bond donors (Lipinski definition) is 2. The molecule has 1 aromatic rings. The first-order valence-electron chi connectivity index (χ1n) is 4.78. The number of amides is 1. The van der Waals surface area contributed by atoms with Crippen molar-refractivity contribution >= 4 is 17.5 Å². The highest BCUT2D eigenvalue weighted by Gasteiger charge is 2.23. The topological polar surface area (TPSA) is 55.1 Å². The van der Waals surface area contributed by atoms with E-state index in [1.54, 1.807) is 19.2 Å². The maximum absolute atomic E-state index is 11.3. The molecule has 0 saturated heterocycles. The lowest BCUT2D eigenvalue weighted by Gasteiger charge is -2.20. The van der Waals surface area contributed by atoms with Crippen molar-refractivity contribution in [3.8, 4) is 0 Å². The number of nitrogens with two attached hydrogens (primary N) is 1. The van der Waals surface area contributed by atoms with Crippen molar-refractivity contribution in [2.75, 3.05) is 7.05 Å². The highest BCUT2D eigenvalue weighted by molar-refractivity contribution is 6.30. The first-order valence-corrected chi connectivity index (χ1v) is 5.16. The number of nitrogens with one attached hydrogen (secondary N) is 1. The van der Waals surface area contributed by atoms with Crippen molar-refractivity contribution in [1.29, 1.82) is 0 Å². The Morgan fingerprint density at radius 3 is 2.33 bits per heavy atom. The highest BCUT2D eigenvalue weighted by atomic mass is 35.5. The fourth-order valence-corrected chi connectivity index (χ4v) is 1.66. The number of carbonyl (C=O) groups is 1. The summed E-state index contributed by atoms with van der Waals surface area (Å²) < 4.78 is 0. The SMILES string of the molecule is CNC(C)C(C(N)=O)c1ccc(Cl)cc1. The fraction of sp³-hybridized carbons (Fsp3) is 0.364. The van der Waals surface area contributed by atoms with E-state index in [-0.39, 0.29) is 17.9 Å². The standard InChI is InChI=1S/C11H15ClN2O/c1-7(14-2)10(11(13)15)8-3-5-9(12)6-4-8/h3-7,10,14H,1-2H3,(H2,13,15). The van der Waals surface area contributed by atoms with Crippen molar-refractivity contribution in [1.82, 2.24) is 5.32 Å². The Morgan fingerprint density at radius 2 is 1.93 bits per heavy atom. The zero-order valence-electron chi connectivity index (χ0n) is 8.83. The molecule has 0 heterocycles. The molecule has 0 aromatic heterocycles. The Kier molecular flexibility index (Phi) is 4.12. The molecule has 0 radical (unpaired) electrons. The summed E-state index contributed by atoms with van der Waals surface area (Å²) in [7, 11) is 1.80. The van der Waals surface area contributed by atoms with Gasteiger partial charge in [-0.25, -0.2) is 0 Å². The number of benzene rings is 1. The zero-order valence-corrected chi connectivity index (χ0v) is 9.58. The molecular weight excluding hydrogens is 212 g/mol. The minimum atomic E-state index is -0.334. The number of likely N-dealkylation sites (N-methyl/N-ethyl adjacent to an activating group) is 1. The molecule has 2 unspecified atom stereocenters. The van der Waals surface area contributed by atoms with Gasteiger partial charge in [0.15, 0.2) is 0 Å². The Bertz CT molecular complexity index is 337. The van der Waals surface area contributed by atoms with Crippen molar-refractivity contribution in [2.24, 2.45) is 5.73 Å². The average molecular weight is 227 g/mol. The molecule has 0 spiro atoms. The van der Waals surface area contributed by atoms with Crippen LogP contribution in [0.1, 0.15) is 18.4 Å². The summed E-state index contributed by atoms with van der Waals surface area (Å²) in [5.74, 6) is -0.661. The van der Waals surface area contributed by atoms with E-state index >= 15 is 0 Å². The van der Waals surface area contributed by atoms with Crippen molar-refractivity contribution < 1.29 is 4.79 Å². The van der Waals surface area contributed by atoms with Crippen LogP contribution in [0.3, 0.4) is 0 Å². The second-order valence-electron chi connectivity index (χ2n) is 3.51. The average Bonchev–Trinajstić information content (AvgIpc) is 2.20. The third-order valence-electron chi connectivity index (χ3n) is 2.49. The summed E-state index contributed by atoms with van der Waals surface area (Å²) in [6.45, 7) is 1.92. The van der Waals surface area contributed by atoms with E-state index < -0.39 is 0 Å². The number of rotatable bonds is 4. The quantitative estimate of drug-likeness (QED) is 0.818. The minimum Gasteiger partial charge on any atom is -0.369 e. The molecule has 3 nitrogen and oxygen atoms in total. The number of primary amides is 1. The van der Waals surface area contributed by atoms with Gasteiger partial charge in [0.2, 0.25) is 5.91 Å². The summed E-state index contributed by atoms with van der Waals surface area (Å²) in [6.07, 6.45) is 0. The van der Waals surface area contributed by atoms with Crippen LogP contribution >= 0.6 is 11.6 Å². The molecule has 0 saturated carbocycles. The minimum absolute atomic E-state index is 0.00340. The molecule has 82 valence electrons. The first kappa shape index (κ1) is 12.0. The predicted octanol–water partition coefficient (Wildman–Crippen LogP) is 1.52. The van der Waals surface area contributed by atoms with Crippen LogP contribution in [0, 0.1) is 0 Å². The van der Waals surface area contributed by atoms with E-state index in [0.717, 1.165) is 5.56 Å². The molecule has 4 heteroatoms. The van der Waals surface area contributed by atoms with Gasteiger partial charge in [-0.05, 0) is 31.7 Å². The van der Waals surface area contributed by atoms with Crippen molar-refractivity contribution in [3.05, 3.63) is 34.9 Å². The van der Waals surface area contributed by atoms with Crippen molar-refractivity contribution in [2.45, 2.75) is 18.9 Å². The van der Waals surface area contributed by atoms with Gasteiger partial charge in [0.25, 0.3) is 0 Å². The van der Waals surface area contributed by atoms with E-state index in [1.165, 1.54) is 0 Å². The molecule has 15 heavy (non-hydrogen) atoms. The fourth-order valence-electron chi connectivity index (χ4n) is 1.54. The summed E-state index contributed by atoms with van der Waals surface area (Å²) >= 11 is 5.78. The summed E-state index contributed by atoms with van der Waals surface area (Å²) in [4.78, 5) is 11.3. The van der Waals surface area contributed by atoms with Gasteiger partial charge >= 0.3 is 0 Å². The molecule has 0 aliphatic carbocycles. The van der Waals surface area contributed by atoms with Gasteiger partial charge in [-0.2, -0.15) is 0 Å². The second-order valence-corrected chi connectivity index (χ2v) is 3.95. The van der Waals surface area contributed by atoms with E-state index in [4.69, 9.17) is 17.3 Å². The summed E-state index contributed by atoms with van der Waals surface area (Å²) in [5.41, 5.74) is 6.25. The molecular formula is C11H15ClN2O. The van der Waals surface area contributed by atoms with Gasteiger partial charge in [0.05, 0.1) is 5.92 Å². The van der Waals surface area contributed by atoms with Crippen LogP contribution in [0.4, 0.5) is 0 Å². The zero-order chi connectivity index (χ0) is 11.4. The Labute approximate surface area is 94.6 Å². The molecule has 1 rings (SSSR count). The van der Waals surface area contributed by atoms with Crippen LogP contribution in [-0.4, -0.2) is 19.0 Å². The van der Waals surface area contributed by atoms with E-state index in [9.17, 15) is 4.79 Å². The molecule has 2 atom stereocenters. The Hall–Kier alpha value is -1.06. The maximum Gasteiger partial charge on any atom is 0.226 e. The predicted molar refractivity (Wildman–Crippen MR) is 61.9 cm³/mol. The van der Waals surface area contributed by atoms with E-state index in [2.05, 4.69) is 5.32 Å². The van der Waals surface area contributed by atoms with E-state index in [1.807, 2.05) is 19.1 Å². The second kappa shape index (κ2) is 5.14. The molecule has 0 aliphatic heterocycles. The lowest BCUT2D eigenvalue weighted by Crippen LogP contribution is -2.37. The summed E-state index contributed by atoms with van der Waals surface area (Å²) in [5, 5.41) is 3.68. The van der Waals surface area contributed by atoms with E-state index in [0.29, 0.717) is 5.02 Å². The van der Waals surface area contributed by atoms with Crippen LogP contribution in [0.15, 0.2) is 24.3 Å². The number of halogens is 1.